The standard InChI is InChI=1S/C15H15FN2O/c1-10-3-2-4-13(14(10)16)19-9-11-5-7-12(8-6-11)15(17)18/h2-8H,9H2,1H3,(H3,17,18). The Labute approximate surface area is 111 Å². The fourth-order valence-corrected chi connectivity index (χ4v) is 1.67. The van der Waals surface area contributed by atoms with Crippen molar-refractivity contribution in [3.8, 4) is 5.75 Å². The molecule has 0 aromatic heterocycles. The van der Waals surface area contributed by atoms with E-state index in [0.717, 1.165) is 5.56 Å². The lowest BCUT2D eigenvalue weighted by molar-refractivity contribution is 0.289. The smallest absolute Gasteiger partial charge is 0.167 e. The Morgan fingerprint density at radius 2 is 1.89 bits per heavy atom. The Balaban J connectivity index is 2.06. The van der Waals surface area contributed by atoms with Crippen molar-refractivity contribution in [2.75, 3.05) is 0 Å². The van der Waals surface area contributed by atoms with Gasteiger partial charge in [-0.3, -0.25) is 5.41 Å². The van der Waals surface area contributed by atoms with Gasteiger partial charge in [0.2, 0.25) is 0 Å². The number of halogens is 1. The predicted molar refractivity (Wildman–Crippen MR) is 72.9 cm³/mol. The van der Waals surface area contributed by atoms with Gasteiger partial charge in [0.15, 0.2) is 11.6 Å². The van der Waals surface area contributed by atoms with Gasteiger partial charge in [0, 0.05) is 5.56 Å². The van der Waals surface area contributed by atoms with Gasteiger partial charge < -0.3 is 10.5 Å². The van der Waals surface area contributed by atoms with Crippen molar-refractivity contribution in [3.63, 3.8) is 0 Å². The van der Waals surface area contributed by atoms with Crippen LogP contribution in [0, 0.1) is 18.2 Å². The Kier molecular flexibility index (Phi) is 3.80. The van der Waals surface area contributed by atoms with Gasteiger partial charge >= 0.3 is 0 Å². The number of ether oxygens (including phenoxy) is 1. The van der Waals surface area contributed by atoms with E-state index in [1.807, 2.05) is 12.1 Å². The molecule has 0 fully saturated rings. The number of nitrogens with two attached hydrogens (primary N) is 1. The van der Waals surface area contributed by atoms with Gasteiger partial charge in [-0.2, -0.15) is 0 Å². The predicted octanol–water partition coefficient (Wildman–Crippen LogP) is 3.00. The van der Waals surface area contributed by atoms with Crippen LogP contribution in [0.25, 0.3) is 0 Å². The van der Waals surface area contributed by atoms with Gasteiger partial charge in [0.25, 0.3) is 0 Å². The lowest BCUT2D eigenvalue weighted by Gasteiger charge is -2.09. The van der Waals surface area contributed by atoms with Crippen molar-refractivity contribution in [1.82, 2.24) is 0 Å². The number of nitrogen functional groups attached to an aromatic ring is 1. The van der Waals surface area contributed by atoms with Crippen molar-refractivity contribution in [2.24, 2.45) is 5.73 Å². The Bertz CT molecular complexity index is 594. The first kappa shape index (κ1) is 13.1. The number of hydrogen-bond donors (Lipinski definition) is 2. The summed E-state index contributed by atoms with van der Waals surface area (Å²) in [6.07, 6.45) is 0. The second-order valence-corrected chi connectivity index (χ2v) is 4.29. The highest BCUT2D eigenvalue weighted by Crippen LogP contribution is 2.20. The summed E-state index contributed by atoms with van der Waals surface area (Å²) in [7, 11) is 0. The first-order valence-electron chi connectivity index (χ1n) is 5.89. The molecule has 2 aromatic carbocycles. The summed E-state index contributed by atoms with van der Waals surface area (Å²) in [4.78, 5) is 0. The fraction of sp³-hybridized carbons (Fsp3) is 0.133. The molecule has 0 aliphatic heterocycles. The monoisotopic (exact) mass is 258 g/mol. The van der Waals surface area contributed by atoms with E-state index in [0.29, 0.717) is 11.1 Å². The third kappa shape index (κ3) is 3.10. The molecule has 0 heterocycles. The van der Waals surface area contributed by atoms with E-state index in [1.165, 1.54) is 0 Å². The number of rotatable bonds is 4. The van der Waals surface area contributed by atoms with Crippen LogP contribution in [-0.4, -0.2) is 5.84 Å². The fourth-order valence-electron chi connectivity index (χ4n) is 1.67. The van der Waals surface area contributed by atoms with Crippen molar-refractivity contribution in [1.29, 1.82) is 5.41 Å². The Morgan fingerprint density at radius 1 is 1.21 bits per heavy atom. The molecule has 19 heavy (non-hydrogen) atoms. The Hall–Kier alpha value is -2.36. The van der Waals surface area contributed by atoms with Crippen LogP contribution < -0.4 is 10.5 Å². The maximum absolute atomic E-state index is 13.7. The average Bonchev–Trinajstić information content (AvgIpc) is 2.41. The topological polar surface area (TPSA) is 59.1 Å². The Morgan fingerprint density at radius 3 is 2.53 bits per heavy atom. The quantitative estimate of drug-likeness (QED) is 0.654. The van der Waals surface area contributed by atoms with E-state index in [9.17, 15) is 4.39 Å². The minimum absolute atomic E-state index is 0.0252. The molecule has 0 unspecified atom stereocenters. The van der Waals surface area contributed by atoms with Crippen molar-refractivity contribution in [3.05, 3.63) is 65.0 Å². The van der Waals surface area contributed by atoms with Gasteiger partial charge in [-0.25, -0.2) is 4.39 Å². The highest BCUT2D eigenvalue weighted by molar-refractivity contribution is 5.94. The largest absolute Gasteiger partial charge is 0.486 e. The number of hydrogen-bond acceptors (Lipinski definition) is 2. The minimum Gasteiger partial charge on any atom is -0.486 e. The van der Waals surface area contributed by atoms with Crippen LogP contribution >= 0.6 is 0 Å². The average molecular weight is 258 g/mol. The lowest BCUT2D eigenvalue weighted by atomic mass is 10.1. The maximum atomic E-state index is 13.7. The third-order valence-electron chi connectivity index (χ3n) is 2.82. The number of aryl methyl sites for hydroxylation is 1. The van der Waals surface area contributed by atoms with Gasteiger partial charge in [-0.1, -0.05) is 36.4 Å². The van der Waals surface area contributed by atoms with Crippen LogP contribution in [0.2, 0.25) is 0 Å². The van der Waals surface area contributed by atoms with Crippen molar-refractivity contribution in [2.45, 2.75) is 13.5 Å². The SMILES string of the molecule is Cc1cccc(OCc2ccc(C(=N)N)cc2)c1F. The zero-order valence-corrected chi connectivity index (χ0v) is 10.6. The summed E-state index contributed by atoms with van der Waals surface area (Å²) < 4.78 is 19.1. The molecule has 98 valence electrons. The molecule has 4 heteroatoms. The molecule has 3 nitrogen and oxygen atoms in total. The maximum Gasteiger partial charge on any atom is 0.167 e. The molecule has 0 amide bonds. The van der Waals surface area contributed by atoms with Crippen LogP contribution in [-0.2, 0) is 6.61 Å². The van der Waals surface area contributed by atoms with Gasteiger partial charge in [-0.05, 0) is 24.1 Å². The molecule has 2 rings (SSSR count). The molecule has 0 saturated heterocycles. The highest BCUT2D eigenvalue weighted by atomic mass is 19.1. The van der Waals surface area contributed by atoms with Crippen LogP contribution in [0.5, 0.6) is 5.75 Å². The summed E-state index contributed by atoms with van der Waals surface area (Å²) in [5, 5.41) is 7.29. The normalized spacial score (nSPS) is 10.2. The second kappa shape index (κ2) is 5.52. The molecule has 3 N–H and O–H groups in total. The van der Waals surface area contributed by atoms with Gasteiger partial charge in [0.05, 0.1) is 0 Å². The highest BCUT2D eigenvalue weighted by Gasteiger charge is 2.06. The van der Waals surface area contributed by atoms with Crippen LogP contribution in [0.3, 0.4) is 0 Å². The summed E-state index contributed by atoms with van der Waals surface area (Å²) in [6.45, 7) is 1.97. The first-order valence-corrected chi connectivity index (χ1v) is 5.89. The van der Waals surface area contributed by atoms with E-state index >= 15 is 0 Å². The zero-order chi connectivity index (χ0) is 13.8. The molecule has 2 aromatic rings. The minimum atomic E-state index is -0.331. The molecule has 0 spiro atoms. The molecular formula is C15H15FN2O. The van der Waals surface area contributed by atoms with Crippen LogP contribution in [0.4, 0.5) is 4.39 Å². The summed E-state index contributed by atoms with van der Waals surface area (Å²) in [6, 6.07) is 12.2. The van der Waals surface area contributed by atoms with E-state index in [4.69, 9.17) is 15.9 Å². The van der Waals surface area contributed by atoms with E-state index < -0.39 is 0 Å². The van der Waals surface area contributed by atoms with Crippen molar-refractivity contribution >= 4 is 5.84 Å². The molecule has 0 saturated carbocycles. The van der Waals surface area contributed by atoms with Crippen molar-refractivity contribution < 1.29 is 9.13 Å². The van der Waals surface area contributed by atoms with E-state index in [2.05, 4.69) is 0 Å². The van der Waals surface area contributed by atoms with Crippen LogP contribution in [0.15, 0.2) is 42.5 Å². The molecule has 0 radical (unpaired) electrons. The summed E-state index contributed by atoms with van der Waals surface area (Å²) in [5.41, 5.74) is 7.48. The zero-order valence-electron chi connectivity index (χ0n) is 10.6. The molecule has 0 bridgehead atoms. The molecular weight excluding hydrogens is 243 g/mol. The number of nitrogens with one attached hydrogen (secondary N) is 1. The summed E-state index contributed by atoms with van der Waals surface area (Å²) in [5.74, 6) is -0.0595. The first-order chi connectivity index (χ1) is 9.08. The second-order valence-electron chi connectivity index (χ2n) is 4.29. The summed E-state index contributed by atoms with van der Waals surface area (Å²) >= 11 is 0. The lowest BCUT2D eigenvalue weighted by Crippen LogP contribution is -2.10. The van der Waals surface area contributed by atoms with E-state index in [-0.39, 0.29) is 24.0 Å². The molecule has 0 aliphatic rings. The third-order valence-corrected chi connectivity index (χ3v) is 2.82. The molecule has 0 aliphatic carbocycles. The van der Waals surface area contributed by atoms with Gasteiger partial charge in [-0.15, -0.1) is 0 Å². The number of benzene rings is 2. The van der Waals surface area contributed by atoms with Crippen LogP contribution in [0.1, 0.15) is 16.7 Å². The number of amidine groups is 1. The molecule has 0 atom stereocenters. The van der Waals surface area contributed by atoms with Gasteiger partial charge in [0.1, 0.15) is 12.4 Å². The van der Waals surface area contributed by atoms with E-state index in [1.54, 1.807) is 37.3 Å².